The minimum absolute atomic E-state index is 0.107. The molecule has 2 aliphatic rings. The Kier molecular flexibility index (Phi) is 4.25. The van der Waals surface area contributed by atoms with Gasteiger partial charge in [0.25, 0.3) is 0 Å². The zero-order chi connectivity index (χ0) is 13.9. The van der Waals surface area contributed by atoms with Gasteiger partial charge in [-0.15, -0.1) is 0 Å². The lowest BCUT2D eigenvalue weighted by Crippen LogP contribution is -2.34. The number of hydrogen-bond donors (Lipinski definition) is 1. The molecule has 20 heavy (non-hydrogen) atoms. The summed E-state index contributed by atoms with van der Waals surface area (Å²) >= 11 is 0. The molecule has 2 nitrogen and oxygen atoms in total. The van der Waals surface area contributed by atoms with Gasteiger partial charge in [0.05, 0.1) is 0 Å². The summed E-state index contributed by atoms with van der Waals surface area (Å²) in [6.45, 7) is 1.82. The van der Waals surface area contributed by atoms with E-state index < -0.39 is 0 Å². The van der Waals surface area contributed by atoms with Crippen molar-refractivity contribution < 1.29 is 4.39 Å². The molecule has 0 bridgehead atoms. The molecule has 1 aromatic carbocycles. The third-order valence-corrected chi connectivity index (χ3v) is 4.90. The van der Waals surface area contributed by atoms with Gasteiger partial charge in [0.1, 0.15) is 5.82 Å². The average Bonchev–Trinajstić information content (AvgIpc) is 3.09. The first-order valence-electron chi connectivity index (χ1n) is 7.98. The first kappa shape index (κ1) is 13.9. The molecule has 3 rings (SSSR count). The second-order valence-corrected chi connectivity index (χ2v) is 6.30. The van der Waals surface area contributed by atoms with Crippen LogP contribution < -0.4 is 10.2 Å². The van der Waals surface area contributed by atoms with Crippen LogP contribution in [0.5, 0.6) is 0 Å². The van der Waals surface area contributed by atoms with Gasteiger partial charge in [0, 0.05) is 24.8 Å². The van der Waals surface area contributed by atoms with E-state index in [0.29, 0.717) is 6.04 Å². The standard InChI is InChI=1S/C17H25FN2/c1-19-12-13-9-15(18)11-16(10-13)20-8-4-7-17(20)14-5-2-3-6-14/h9-11,14,17,19H,2-8,12H2,1H3. The monoisotopic (exact) mass is 276 g/mol. The van der Waals surface area contributed by atoms with E-state index in [0.717, 1.165) is 30.3 Å². The normalized spacial score (nSPS) is 23.7. The van der Waals surface area contributed by atoms with E-state index >= 15 is 0 Å². The average molecular weight is 276 g/mol. The van der Waals surface area contributed by atoms with Gasteiger partial charge in [-0.2, -0.15) is 0 Å². The van der Waals surface area contributed by atoms with E-state index in [1.165, 1.54) is 38.5 Å². The Morgan fingerprint density at radius 3 is 2.70 bits per heavy atom. The highest BCUT2D eigenvalue weighted by Crippen LogP contribution is 2.38. The molecule has 0 radical (unpaired) electrons. The van der Waals surface area contributed by atoms with Crippen LogP contribution >= 0.6 is 0 Å². The molecule has 110 valence electrons. The first-order chi connectivity index (χ1) is 9.78. The minimum Gasteiger partial charge on any atom is -0.368 e. The van der Waals surface area contributed by atoms with Crippen molar-refractivity contribution in [3.63, 3.8) is 0 Å². The summed E-state index contributed by atoms with van der Waals surface area (Å²) in [6, 6.07) is 6.15. The lowest BCUT2D eigenvalue weighted by molar-refractivity contribution is 0.430. The lowest BCUT2D eigenvalue weighted by Gasteiger charge is -2.31. The van der Waals surface area contributed by atoms with E-state index in [1.807, 2.05) is 7.05 Å². The van der Waals surface area contributed by atoms with Crippen molar-refractivity contribution in [3.05, 3.63) is 29.6 Å². The zero-order valence-electron chi connectivity index (χ0n) is 12.4. The Balaban J connectivity index is 1.83. The van der Waals surface area contributed by atoms with Crippen molar-refractivity contribution in [2.45, 2.75) is 51.1 Å². The Morgan fingerprint density at radius 2 is 1.95 bits per heavy atom. The van der Waals surface area contributed by atoms with Crippen molar-refractivity contribution >= 4 is 5.69 Å². The number of benzene rings is 1. The van der Waals surface area contributed by atoms with Crippen molar-refractivity contribution in [1.82, 2.24) is 5.32 Å². The van der Waals surface area contributed by atoms with Crippen molar-refractivity contribution in [3.8, 4) is 0 Å². The van der Waals surface area contributed by atoms with E-state index in [-0.39, 0.29) is 5.82 Å². The van der Waals surface area contributed by atoms with E-state index in [1.54, 1.807) is 12.1 Å². The largest absolute Gasteiger partial charge is 0.368 e. The molecule has 3 heteroatoms. The fourth-order valence-corrected chi connectivity index (χ4v) is 4.05. The Labute approximate surface area is 121 Å². The molecule has 1 saturated carbocycles. The van der Waals surface area contributed by atoms with Gasteiger partial charge in [-0.25, -0.2) is 4.39 Å². The summed E-state index contributed by atoms with van der Waals surface area (Å²) in [6.07, 6.45) is 8.01. The molecule has 0 amide bonds. The molecule has 1 heterocycles. The Bertz CT molecular complexity index is 454. The van der Waals surface area contributed by atoms with Crippen LogP contribution in [0.4, 0.5) is 10.1 Å². The Hall–Kier alpha value is -1.09. The van der Waals surface area contributed by atoms with Crippen LogP contribution in [-0.2, 0) is 6.54 Å². The molecular weight excluding hydrogens is 251 g/mol. The zero-order valence-corrected chi connectivity index (χ0v) is 12.4. The van der Waals surface area contributed by atoms with Gasteiger partial charge in [0.15, 0.2) is 0 Å². The predicted molar refractivity (Wildman–Crippen MR) is 81.5 cm³/mol. The fraction of sp³-hybridized carbons (Fsp3) is 0.647. The molecule has 1 aliphatic carbocycles. The quantitative estimate of drug-likeness (QED) is 0.902. The van der Waals surface area contributed by atoms with Crippen LogP contribution in [0.2, 0.25) is 0 Å². The fourth-order valence-electron chi connectivity index (χ4n) is 4.05. The number of halogens is 1. The second-order valence-electron chi connectivity index (χ2n) is 6.30. The lowest BCUT2D eigenvalue weighted by atomic mass is 9.95. The SMILES string of the molecule is CNCc1cc(F)cc(N2CCCC2C2CCCC2)c1. The molecule has 1 saturated heterocycles. The summed E-state index contributed by atoms with van der Waals surface area (Å²) < 4.78 is 13.9. The Morgan fingerprint density at radius 1 is 1.15 bits per heavy atom. The van der Waals surface area contributed by atoms with E-state index in [2.05, 4.69) is 16.3 Å². The van der Waals surface area contributed by atoms with Gasteiger partial charge in [-0.05, 0) is 62.4 Å². The molecule has 0 aromatic heterocycles. The topological polar surface area (TPSA) is 15.3 Å². The minimum atomic E-state index is -0.107. The maximum atomic E-state index is 13.9. The maximum absolute atomic E-state index is 13.9. The third kappa shape index (κ3) is 2.83. The number of rotatable bonds is 4. The third-order valence-electron chi connectivity index (χ3n) is 4.90. The summed E-state index contributed by atoms with van der Waals surface area (Å²) in [5, 5.41) is 3.11. The van der Waals surface area contributed by atoms with Crippen molar-refractivity contribution in [2.24, 2.45) is 5.92 Å². The van der Waals surface area contributed by atoms with Crippen LogP contribution in [0.25, 0.3) is 0 Å². The smallest absolute Gasteiger partial charge is 0.125 e. The molecule has 0 spiro atoms. The molecule has 1 unspecified atom stereocenters. The molecule has 1 aromatic rings. The molecular formula is C17H25FN2. The van der Waals surface area contributed by atoms with Gasteiger partial charge >= 0.3 is 0 Å². The molecule has 1 aliphatic heterocycles. The molecule has 1 atom stereocenters. The van der Waals surface area contributed by atoms with Gasteiger partial charge in [0.2, 0.25) is 0 Å². The summed E-state index contributed by atoms with van der Waals surface area (Å²) in [5.41, 5.74) is 2.13. The number of nitrogens with one attached hydrogen (secondary N) is 1. The van der Waals surface area contributed by atoms with E-state index in [4.69, 9.17) is 0 Å². The predicted octanol–water partition coefficient (Wildman–Crippen LogP) is 3.70. The first-order valence-corrected chi connectivity index (χ1v) is 7.98. The highest BCUT2D eigenvalue weighted by molar-refractivity contribution is 5.51. The molecule has 1 N–H and O–H groups in total. The number of anilines is 1. The van der Waals surface area contributed by atoms with E-state index in [9.17, 15) is 4.39 Å². The second kappa shape index (κ2) is 6.13. The highest BCUT2D eigenvalue weighted by atomic mass is 19.1. The molecule has 2 fully saturated rings. The number of hydrogen-bond acceptors (Lipinski definition) is 2. The van der Waals surface area contributed by atoms with Crippen LogP contribution in [-0.4, -0.2) is 19.6 Å². The van der Waals surface area contributed by atoms with Crippen LogP contribution in [0, 0.1) is 11.7 Å². The van der Waals surface area contributed by atoms with Crippen molar-refractivity contribution in [1.29, 1.82) is 0 Å². The highest BCUT2D eigenvalue weighted by Gasteiger charge is 2.33. The summed E-state index contributed by atoms with van der Waals surface area (Å²) in [7, 11) is 1.90. The number of nitrogens with zero attached hydrogens (tertiary/aromatic N) is 1. The van der Waals surface area contributed by atoms with Crippen LogP contribution in [0.1, 0.15) is 44.1 Å². The van der Waals surface area contributed by atoms with Gasteiger partial charge < -0.3 is 10.2 Å². The van der Waals surface area contributed by atoms with Gasteiger partial charge in [-0.3, -0.25) is 0 Å². The maximum Gasteiger partial charge on any atom is 0.125 e. The van der Waals surface area contributed by atoms with Gasteiger partial charge in [-0.1, -0.05) is 12.8 Å². The van der Waals surface area contributed by atoms with Crippen molar-refractivity contribution in [2.75, 3.05) is 18.5 Å². The summed E-state index contributed by atoms with van der Waals surface area (Å²) in [4.78, 5) is 2.47. The van der Waals surface area contributed by atoms with Crippen LogP contribution in [0.3, 0.4) is 0 Å². The summed E-state index contributed by atoms with van der Waals surface area (Å²) in [5.74, 6) is 0.721. The van der Waals surface area contributed by atoms with Crippen LogP contribution in [0.15, 0.2) is 18.2 Å².